The second kappa shape index (κ2) is 10.3. The lowest BCUT2D eigenvalue weighted by Gasteiger charge is -2.35. The summed E-state index contributed by atoms with van der Waals surface area (Å²) in [5.41, 5.74) is -0.0121. The molecule has 2 aliphatic rings. The summed E-state index contributed by atoms with van der Waals surface area (Å²) in [5.74, 6) is 4.92. The van der Waals surface area contributed by atoms with Crippen molar-refractivity contribution in [2.45, 2.75) is 59.4 Å². The van der Waals surface area contributed by atoms with Crippen LogP contribution in [0.25, 0.3) is 0 Å². The zero-order valence-electron chi connectivity index (χ0n) is 20.1. The Bertz CT molecular complexity index is 960. The molecule has 1 saturated carbocycles. The lowest BCUT2D eigenvalue weighted by atomic mass is 9.82. The molecule has 1 aliphatic carbocycles. The zero-order valence-corrected chi connectivity index (χ0v) is 21.0. The van der Waals surface area contributed by atoms with E-state index in [2.05, 4.69) is 18.8 Å². The predicted molar refractivity (Wildman–Crippen MR) is 128 cm³/mol. The number of carboxylic acids is 1. The van der Waals surface area contributed by atoms with E-state index in [0.717, 1.165) is 37.0 Å². The number of ether oxygens (including phenoxy) is 1. The largest absolute Gasteiger partial charge is 0.477 e. The SMILES string of the molecule is CN1CCOC[C@H](N(c2cc(C#CC(C)(C)C)sc2C(=O)O)C(=O)[C@H]2CC[C@H](C)CC2)C1=O. The summed E-state index contributed by atoms with van der Waals surface area (Å²) < 4.78 is 5.68. The molecule has 1 atom stereocenters. The Morgan fingerprint density at radius 2 is 1.91 bits per heavy atom. The Kier molecular flexibility index (Phi) is 7.86. The van der Waals surface area contributed by atoms with Crippen LogP contribution in [0.15, 0.2) is 6.07 Å². The van der Waals surface area contributed by atoms with E-state index in [4.69, 9.17) is 4.74 Å². The number of rotatable bonds is 4. The first-order chi connectivity index (χ1) is 15.5. The average molecular weight is 475 g/mol. The lowest BCUT2D eigenvalue weighted by Crippen LogP contribution is -2.53. The van der Waals surface area contributed by atoms with Gasteiger partial charge in [0, 0.05) is 24.9 Å². The number of hydrogen-bond acceptors (Lipinski definition) is 5. The molecule has 1 aromatic heterocycles. The molecule has 7 nitrogen and oxygen atoms in total. The second-order valence-corrected chi connectivity index (χ2v) is 11.2. The summed E-state index contributed by atoms with van der Waals surface area (Å²) in [4.78, 5) is 42.8. The molecule has 180 valence electrons. The molecule has 0 unspecified atom stereocenters. The minimum absolute atomic E-state index is 0.0189. The minimum atomic E-state index is -1.13. The molecule has 2 amide bonds. The van der Waals surface area contributed by atoms with Gasteiger partial charge in [0.1, 0.15) is 10.9 Å². The first-order valence-electron chi connectivity index (χ1n) is 11.5. The fourth-order valence-electron chi connectivity index (χ4n) is 4.19. The van der Waals surface area contributed by atoms with Gasteiger partial charge < -0.3 is 14.7 Å². The van der Waals surface area contributed by atoms with Crippen LogP contribution in [0.3, 0.4) is 0 Å². The molecule has 8 heteroatoms. The van der Waals surface area contributed by atoms with Gasteiger partial charge >= 0.3 is 5.97 Å². The number of likely N-dealkylation sites (N-methyl/N-ethyl adjacent to an activating group) is 1. The molecule has 1 aliphatic heterocycles. The second-order valence-electron chi connectivity index (χ2n) is 10.1. The number of carbonyl (C=O) groups excluding carboxylic acids is 2. The van der Waals surface area contributed by atoms with Gasteiger partial charge in [-0.15, -0.1) is 11.3 Å². The van der Waals surface area contributed by atoms with Gasteiger partial charge in [0.15, 0.2) is 0 Å². The van der Waals surface area contributed by atoms with E-state index in [0.29, 0.717) is 23.9 Å². The topological polar surface area (TPSA) is 87.2 Å². The normalized spacial score (nSPS) is 24.0. The van der Waals surface area contributed by atoms with E-state index in [9.17, 15) is 19.5 Å². The number of hydrogen-bond donors (Lipinski definition) is 1. The average Bonchev–Trinajstić information content (AvgIpc) is 3.10. The van der Waals surface area contributed by atoms with Crippen molar-refractivity contribution in [2.75, 3.05) is 31.7 Å². The molecule has 0 aromatic carbocycles. The monoisotopic (exact) mass is 474 g/mol. The third kappa shape index (κ3) is 6.15. The highest BCUT2D eigenvalue weighted by Gasteiger charge is 2.40. The van der Waals surface area contributed by atoms with Crippen LogP contribution in [0.2, 0.25) is 0 Å². The molecular weight excluding hydrogens is 440 g/mol. The summed E-state index contributed by atoms with van der Waals surface area (Å²) >= 11 is 1.04. The summed E-state index contributed by atoms with van der Waals surface area (Å²) in [6.07, 6.45) is 3.35. The maximum absolute atomic E-state index is 13.8. The van der Waals surface area contributed by atoms with Crippen LogP contribution in [0.4, 0.5) is 5.69 Å². The van der Waals surface area contributed by atoms with Crippen LogP contribution in [-0.4, -0.2) is 60.6 Å². The molecule has 1 aromatic rings. The fraction of sp³-hybridized carbons (Fsp3) is 0.640. The molecule has 33 heavy (non-hydrogen) atoms. The van der Waals surface area contributed by atoms with E-state index < -0.39 is 12.0 Å². The highest BCUT2D eigenvalue weighted by atomic mass is 32.1. The highest BCUT2D eigenvalue weighted by molar-refractivity contribution is 7.15. The van der Waals surface area contributed by atoms with Gasteiger partial charge in [0.25, 0.3) is 0 Å². The van der Waals surface area contributed by atoms with Crippen molar-refractivity contribution < 1.29 is 24.2 Å². The van der Waals surface area contributed by atoms with E-state index >= 15 is 0 Å². The van der Waals surface area contributed by atoms with Gasteiger partial charge in [-0.1, -0.05) is 18.8 Å². The van der Waals surface area contributed by atoms with Gasteiger partial charge in [-0.2, -0.15) is 0 Å². The van der Waals surface area contributed by atoms with Crippen LogP contribution in [0.1, 0.15) is 67.9 Å². The quantitative estimate of drug-likeness (QED) is 0.670. The maximum Gasteiger partial charge on any atom is 0.348 e. The van der Waals surface area contributed by atoms with Crippen LogP contribution in [-0.2, 0) is 14.3 Å². The zero-order chi connectivity index (χ0) is 24.3. The summed E-state index contributed by atoms with van der Waals surface area (Å²) in [6, 6.07) is 0.745. The Morgan fingerprint density at radius 1 is 1.24 bits per heavy atom. The molecule has 0 spiro atoms. The van der Waals surface area contributed by atoms with Crippen molar-refractivity contribution in [3.05, 3.63) is 15.8 Å². The van der Waals surface area contributed by atoms with Crippen molar-refractivity contribution >= 4 is 34.8 Å². The number of nitrogens with zero attached hydrogens (tertiary/aromatic N) is 2. The van der Waals surface area contributed by atoms with E-state index in [-0.39, 0.29) is 40.3 Å². The third-order valence-electron chi connectivity index (χ3n) is 6.15. The number of carboxylic acid groups (broad SMARTS) is 1. The van der Waals surface area contributed by atoms with Gasteiger partial charge in [-0.3, -0.25) is 14.5 Å². The molecule has 3 rings (SSSR count). The molecular formula is C25H34N2O5S. The lowest BCUT2D eigenvalue weighted by molar-refractivity contribution is -0.134. The van der Waals surface area contributed by atoms with Gasteiger partial charge in [-0.05, 0) is 58.4 Å². The maximum atomic E-state index is 13.8. The number of thiophene rings is 1. The van der Waals surface area contributed by atoms with Crippen LogP contribution in [0, 0.1) is 29.1 Å². The van der Waals surface area contributed by atoms with Crippen LogP contribution < -0.4 is 4.90 Å². The molecule has 2 fully saturated rings. The Labute approximate surface area is 200 Å². The molecule has 2 heterocycles. The fourth-order valence-corrected chi connectivity index (χ4v) is 5.03. The summed E-state index contributed by atoms with van der Waals surface area (Å²) in [7, 11) is 1.68. The summed E-state index contributed by atoms with van der Waals surface area (Å²) in [5, 5.41) is 9.95. The van der Waals surface area contributed by atoms with Crippen molar-refractivity contribution in [3.8, 4) is 11.8 Å². The van der Waals surface area contributed by atoms with Gasteiger partial charge in [0.2, 0.25) is 11.8 Å². The number of aromatic carboxylic acids is 1. The number of anilines is 1. The van der Waals surface area contributed by atoms with Crippen molar-refractivity contribution in [1.82, 2.24) is 4.90 Å². The number of carbonyl (C=O) groups is 3. The van der Waals surface area contributed by atoms with E-state index in [1.165, 1.54) is 4.90 Å². The first-order valence-corrected chi connectivity index (χ1v) is 12.4. The van der Waals surface area contributed by atoms with E-state index in [1.54, 1.807) is 18.0 Å². The highest BCUT2D eigenvalue weighted by Crippen LogP contribution is 2.36. The van der Waals surface area contributed by atoms with Crippen LogP contribution >= 0.6 is 11.3 Å². The molecule has 1 N–H and O–H groups in total. The summed E-state index contributed by atoms with van der Waals surface area (Å²) in [6.45, 7) is 8.95. The van der Waals surface area contributed by atoms with Crippen LogP contribution in [0.5, 0.6) is 0 Å². The Morgan fingerprint density at radius 3 is 2.52 bits per heavy atom. The number of amides is 2. The molecule has 0 bridgehead atoms. The standard InChI is InChI=1S/C25H34N2O5S/c1-16-6-8-17(9-7-16)22(28)27(20-15-32-13-12-26(5)23(20)29)19-14-18(10-11-25(2,3)4)33-21(19)24(30)31/h14,16-17,20H,6-9,12-13,15H2,1-5H3,(H,30,31)/t16-,17-,20-/m0/s1. The molecule has 0 radical (unpaired) electrons. The third-order valence-corrected chi connectivity index (χ3v) is 7.18. The van der Waals surface area contributed by atoms with E-state index in [1.807, 2.05) is 20.8 Å². The Hall–Kier alpha value is -2.37. The minimum Gasteiger partial charge on any atom is -0.477 e. The molecule has 1 saturated heterocycles. The van der Waals surface area contributed by atoms with Gasteiger partial charge in [0.05, 0.1) is 23.8 Å². The predicted octanol–water partition coefficient (Wildman–Crippen LogP) is 3.86. The van der Waals surface area contributed by atoms with Crippen molar-refractivity contribution in [3.63, 3.8) is 0 Å². The smallest absolute Gasteiger partial charge is 0.348 e. The Balaban J connectivity index is 2.09. The first kappa shape index (κ1) is 25.3. The van der Waals surface area contributed by atoms with Gasteiger partial charge in [-0.25, -0.2) is 4.79 Å². The van der Waals surface area contributed by atoms with Crippen molar-refractivity contribution in [2.24, 2.45) is 17.3 Å². The van der Waals surface area contributed by atoms with Crippen molar-refractivity contribution in [1.29, 1.82) is 0 Å².